The van der Waals surface area contributed by atoms with Crippen molar-refractivity contribution in [3.63, 3.8) is 0 Å². The third-order valence-electron chi connectivity index (χ3n) is 6.69. The number of benzene rings is 2. The summed E-state index contributed by atoms with van der Waals surface area (Å²) in [7, 11) is 0. The van der Waals surface area contributed by atoms with Gasteiger partial charge in [-0.3, -0.25) is 9.59 Å². The van der Waals surface area contributed by atoms with E-state index in [-0.39, 0.29) is 50.2 Å². The van der Waals surface area contributed by atoms with Crippen LogP contribution in [0.1, 0.15) is 49.7 Å². The number of nitrogens with one attached hydrogen (secondary N) is 2. The van der Waals surface area contributed by atoms with E-state index in [9.17, 15) is 14.4 Å². The third-order valence-corrected chi connectivity index (χ3v) is 6.69. The molecular weight excluding hydrogens is 448 g/mol. The van der Waals surface area contributed by atoms with Crippen molar-refractivity contribution < 1.29 is 29.0 Å². The molecule has 3 N–H and O–H groups in total. The van der Waals surface area contributed by atoms with Crippen LogP contribution in [0.3, 0.4) is 0 Å². The van der Waals surface area contributed by atoms with Crippen molar-refractivity contribution >= 4 is 18.0 Å². The quantitative estimate of drug-likeness (QED) is 0.478. The van der Waals surface area contributed by atoms with Crippen LogP contribution in [-0.2, 0) is 19.1 Å². The van der Waals surface area contributed by atoms with Crippen LogP contribution in [0.4, 0.5) is 4.79 Å². The van der Waals surface area contributed by atoms with Crippen LogP contribution in [0.2, 0.25) is 0 Å². The van der Waals surface area contributed by atoms with E-state index in [1.54, 1.807) is 0 Å². The summed E-state index contributed by atoms with van der Waals surface area (Å²) in [5.41, 5.74) is 4.62. The van der Waals surface area contributed by atoms with Gasteiger partial charge in [0.05, 0.1) is 18.6 Å². The summed E-state index contributed by atoms with van der Waals surface area (Å²) >= 11 is 0. The predicted octanol–water partition coefficient (Wildman–Crippen LogP) is 3.69. The maximum Gasteiger partial charge on any atom is 0.407 e. The number of carbonyl (C=O) groups is 3. The Morgan fingerprint density at radius 1 is 1.09 bits per heavy atom. The molecule has 1 unspecified atom stereocenters. The molecule has 0 radical (unpaired) electrons. The molecule has 8 heteroatoms. The second-order valence-electron chi connectivity index (χ2n) is 9.19. The van der Waals surface area contributed by atoms with Crippen LogP contribution in [-0.4, -0.2) is 55.0 Å². The second-order valence-corrected chi connectivity index (χ2v) is 9.19. The molecule has 2 aliphatic rings. The van der Waals surface area contributed by atoms with E-state index in [0.717, 1.165) is 17.5 Å². The summed E-state index contributed by atoms with van der Waals surface area (Å²) in [6, 6.07) is 16.0. The highest BCUT2D eigenvalue weighted by atomic mass is 16.5. The van der Waals surface area contributed by atoms with E-state index >= 15 is 0 Å². The Morgan fingerprint density at radius 2 is 1.74 bits per heavy atom. The van der Waals surface area contributed by atoms with Gasteiger partial charge in [0.15, 0.2) is 0 Å². The summed E-state index contributed by atoms with van der Waals surface area (Å²) in [4.78, 5) is 36.1. The molecule has 1 heterocycles. The molecule has 0 saturated carbocycles. The monoisotopic (exact) mass is 480 g/mol. The molecule has 0 spiro atoms. The summed E-state index contributed by atoms with van der Waals surface area (Å²) in [6.07, 6.45) is 1.09. The smallest absolute Gasteiger partial charge is 0.407 e. The lowest BCUT2D eigenvalue weighted by atomic mass is 9.98. The molecule has 1 aliphatic carbocycles. The number of alkyl carbamates (subject to hydrolysis) is 1. The lowest BCUT2D eigenvalue weighted by molar-refractivity contribution is -0.141. The third kappa shape index (κ3) is 6.00. The van der Waals surface area contributed by atoms with Crippen LogP contribution in [0.25, 0.3) is 11.1 Å². The molecule has 1 fully saturated rings. The topological polar surface area (TPSA) is 114 Å². The van der Waals surface area contributed by atoms with Crippen molar-refractivity contribution in [1.82, 2.24) is 10.6 Å². The van der Waals surface area contributed by atoms with Gasteiger partial charge in [-0.25, -0.2) is 4.79 Å². The number of carboxylic acid groups (broad SMARTS) is 1. The fourth-order valence-corrected chi connectivity index (χ4v) is 4.92. The zero-order valence-corrected chi connectivity index (χ0v) is 19.9. The first-order valence-corrected chi connectivity index (χ1v) is 12.2. The average Bonchev–Trinajstić information content (AvgIpc) is 3.45. The van der Waals surface area contributed by atoms with Gasteiger partial charge in [0.2, 0.25) is 5.91 Å². The number of hydrogen-bond acceptors (Lipinski definition) is 5. The Bertz CT molecular complexity index is 1030. The minimum atomic E-state index is -0.880. The first-order valence-electron chi connectivity index (χ1n) is 12.2. The van der Waals surface area contributed by atoms with Crippen LogP contribution >= 0.6 is 0 Å². The van der Waals surface area contributed by atoms with E-state index in [1.807, 2.05) is 31.2 Å². The zero-order valence-electron chi connectivity index (χ0n) is 19.9. The van der Waals surface area contributed by atoms with Crippen LogP contribution in [0.15, 0.2) is 48.5 Å². The van der Waals surface area contributed by atoms with Gasteiger partial charge in [-0.2, -0.15) is 0 Å². The maximum atomic E-state index is 12.6. The number of ether oxygens (including phenoxy) is 2. The molecule has 0 bridgehead atoms. The van der Waals surface area contributed by atoms with Gasteiger partial charge >= 0.3 is 12.1 Å². The minimum Gasteiger partial charge on any atom is -0.481 e. The lowest BCUT2D eigenvalue weighted by Crippen LogP contribution is -2.41. The SMILES string of the molecule is CCCC(CC(=O)NC[C@H]1C[C@@H](C(=O)O)CO1)NC(=O)OCC1c2ccccc2-c2ccccc21. The minimum absolute atomic E-state index is 0.0258. The first-order chi connectivity index (χ1) is 17.0. The molecule has 1 aliphatic heterocycles. The highest BCUT2D eigenvalue weighted by Gasteiger charge is 2.31. The van der Waals surface area contributed by atoms with Gasteiger partial charge < -0.3 is 25.2 Å². The lowest BCUT2D eigenvalue weighted by Gasteiger charge is -2.20. The Labute approximate surface area is 205 Å². The van der Waals surface area contributed by atoms with Crippen LogP contribution in [0, 0.1) is 5.92 Å². The zero-order chi connectivity index (χ0) is 24.8. The number of fused-ring (bicyclic) bond motifs is 3. The number of amides is 2. The van der Waals surface area contributed by atoms with Crippen molar-refractivity contribution in [3.8, 4) is 11.1 Å². The van der Waals surface area contributed by atoms with E-state index < -0.39 is 18.0 Å². The van der Waals surface area contributed by atoms with Crippen LogP contribution < -0.4 is 10.6 Å². The Kier molecular flexibility index (Phi) is 8.02. The second kappa shape index (κ2) is 11.4. The molecule has 2 aromatic carbocycles. The number of aliphatic carboxylic acids is 1. The molecule has 1 saturated heterocycles. The summed E-state index contributed by atoms with van der Waals surface area (Å²) in [5, 5.41) is 14.7. The molecule has 35 heavy (non-hydrogen) atoms. The van der Waals surface area contributed by atoms with Gasteiger partial charge in [0.25, 0.3) is 0 Å². The van der Waals surface area contributed by atoms with E-state index in [2.05, 4.69) is 34.9 Å². The van der Waals surface area contributed by atoms with E-state index in [0.29, 0.717) is 12.8 Å². The van der Waals surface area contributed by atoms with Crippen molar-refractivity contribution in [1.29, 1.82) is 0 Å². The molecule has 2 amide bonds. The summed E-state index contributed by atoms with van der Waals surface area (Å²) < 4.78 is 11.1. The van der Waals surface area contributed by atoms with Crippen molar-refractivity contribution in [2.45, 2.75) is 50.7 Å². The fourth-order valence-electron chi connectivity index (χ4n) is 4.92. The van der Waals surface area contributed by atoms with Gasteiger partial charge in [-0.05, 0) is 35.1 Å². The first kappa shape index (κ1) is 24.7. The number of hydrogen-bond donors (Lipinski definition) is 3. The van der Waals surface area contributed by atoms with E-state index in [1.165, 1.54) is 11.1 Å². The highest BCUT2D eigenvalue weighted by molar-refractivity contribution is 5.79. The van der Waals surface area contributed by atoms with E-state index in [4.69, 9.17) is 14.6 Å². The summed E-state index contributed by atoms with van der Waals surface area (Å²) in [5.74, 6) is -1.65. The van der Waals surface area contributed by atoms with Crippen molar-refractivity contribution in [2.24, 2.45) is 5.92 Å². The van der Waals surface area contributed by atoms with Crippen LogP contribution in [0.5, 0.6) is 0 Å². The molecule has 3 atom stereocenters. The van der Waals surface area contributed by atoms with Crippen molar-refractivity contribution in [3.05, 3.63) is 59.7 Å². The maximum absolute atomic E-state index is 12.6. The summed E-state index contributed by atoms with van der Waals surface area (Å²) in [6.45, 7) is 2.63. The molecule has 186 valence electrons. The van der Waals surface area contributed by atoms with Gasteiger partial charge in [0, 0.05) is 24.9 Å². The Morgan fingerprint density at radius 3 is 2.34 bits per heavy atom. The van der Waals surface area contributed by atoms with Gasteiger partial charge in [-0.15, -0.1) is 0 Å². The number of carboxylic acids is 1. The molecule has 2 aromatic rings. The molecule has 8 nitrogen and oxygen atoms in total. The molecule has 0 aromatic heterocycles. The number of carbonyl (C=O) groups excluding carboxylic acids is 2. The molecule has 4 rings (SSSR count). The normalized spacial score (nSPS) is 19.5. The van der Waals surface area contributed by atoms with Crippen molar-refractivity contribution in [2.75, 3.05) is 19.8 Å². The highest BCUT2D eigenvalue weighted by Crippen LogP contribution is 2.44. The average molecular weight is 481 g/mol. The van der Waals surface area contributed by atoms with Gasteiger partial charge in [0.1, 0.15) is 6.61 Å². The molecular formula is C27H32N2O6. The Balaban J connectivity index is 1.27. The largest absolute Gasteiger partial charge is 0.481 e. The predicted molar refractivity (Wildman–Crippen MR) is 130 cm³/mol. The Hall–Kier alpha value is -3.39. The number of rotatable bonds is 10. The fraction of sp³-hybridized carbons (Fsp3) is 0.444. The van der Waals surface area contributed by atoms with Gasteiger partial charge in [-0.1, -0.05) is 61.9 Å². The standard InChI is InChI=1S/C27H32N2O6/c1-2-7-18(13-25(30)28-14-19-12-17(15-34-19)26(31)32)29-27(33)35-16-24-22-10-5-3-8-20(22)21-9-4-6-11-23(21)24/h3-6,8-11,17-19,24H,2,7,12-16H2,1H3,(H,28,30)(H,29,33)(H,31,32)/t17-,18?,19-/m1/s1.